The first-order chi connectivity index (χ1) is 9.65. The molecule has 0 saturated heterocycles. The molecular weight excluding hydrogens is 244 g/mol. The van der Waals surface area contributed by atoms with E-state index in [1.807, 2.05) is 13.8 Å². The standard InChI is InChI=1S/C8H18N2.C8H10.C2H6/c1-2-8(10-9)6-7-4-3-5-7;1-7-4-3-5-8(2)6-7;1-2/h7-8,10H,2-6,9H2,1H3;3-6H,1-2H3;1-2H3. The van der Waals surface area contributed by atoms with Crippen molar-refractivity contribution in [1.29, 1.82) is 0 Å². The molecular formula is C18H34N2. The minimum atomic E-state index is 0.560. The third-order valence-corrected chi connectivity index (χ3v) is 3.74. The fourth-order valence-electron chi connectivity index (χ4n) is 2.29. The number of aryl methyl sites for hydroxylation is 2. The van der Waals surface area contributed by atoms with Crippen LogP contribution in [0, 0.1) is 19.8 Å². The molecule has 1 aliphatic carbocycles. The average Bonchev–Trinajstić information content (AvgIpc) is 2.41. The first kappa shape index (κ1) is 19.1. The van der Waals surface area contributed by atoms with Crippen LogP contribution < -0.4 is 11.3 Å². The molecule has 1 aliphatic rings. The van der Waals surface area contributed by atoms with E-state index in [2.05, 4.69) is 50.5 Å². The molecule has 1 saturated carbocycles. The van der Waals surface area contributed by atoms with Crippen LogP contribution in [-0.4, -0.2) is 6.04 Å². The van der Waals surface area contributed by atoms with E-state index in [-0.39, 0.29) is 0 Å². The third kappa shape index (κ3) is 8.34. The molecule has 1 atom stereocenters. The normalized spacial score (nSPS) is 15.1. The molecule has 20 heavy (non-hydrogen) atoms. The molecule has 1 unspecified atom stereocenters. The Hall–Kier alpha value is -0.860. The molecule has 0 spiro atoms. The van der Waals surface area contributed by atoms with E-state index < -0.39 is 0 Å². The maximum Gasteiger partial charge on any atom is 0.0210 e. The summed E-state index contributed by atoms with van der Waals surface area (Å²) < 4.78 is 0. The van der Waals surface area contributed by atoms with Gasteiger partial charge in [-0.3, -0.25) is 11.3 Å². The van der Waals surface area contributed by atoms with Gasteiger partial charge in [-0.1, -0.05) is 75.4 Å². The predicted octanol–water partition coefficient (Wildman–Crippen LogP) is 4.75. The van der Waals surface area contributed by atoms with Crippen molar-refractivity contribution in [3.05, 3.63) is 35.4 Å². The lowest BCUT2D eigenvalue weighted by atomic mass is 9.80. The number of benzene rings is 1. The Morgan fingerprint density at radius 2 is 1.75 bits per heavy atom. The van der Waals surface area contributed by atoms with Crippen LogP contribution in [0.25, 0.3) is 0 Å². The molecule has 0 bridgehead atoms. The summed E-state index contributed by atoms with van der Waals surface area (Å²) >= 11 is 0. The van der Waals surface area contributed by atoms with Gasteiger partial charge in [-0.05, 0) is 32.6 Å². The van der Waals surface area contributed by atoms with Crippen molar-refractivity contribution in [2.75, 3.05) is 0 Å². The molecule has 1 fully saturated rings. The van der Waals surface area contributed by atoms with Gasteiger partial charge >= 0.3 is 0 Å². The lowest BCUT2D eigenvalue weighted by molar-refractivity contribution is 0.257. The zero-order valence-corrected chi connectivity index (χ0v) is 14.1. The van der Waals surface area contributed by atoms with E-state index in [1.54, 1.807) is 0 Å². The smallest absolute Gasteiger partial charge is 0.0210 e. The Morgan fingerprint density at radius 1 is 1.20 bits per heavy atom. The van der Waals surface area contributed by atoms with Crippen LogP contribution in [0.1, 0.15) is 64.0 Å². The lowest BCUT2D eigenvalue weighted by Gasteiger charge is -2.28. The number of rotatable bonds is 4. The minimum Gasteiger partial charge on any atom is -0.271 e. The second-order valence-corrected chi connectivity index (χ2v) is 5.46. The van der Waals surface area contributed by atoms with Crippen LogP contribution in [-0.2, 0) is 0 Å². The Bertz CT molecular complexity index is 311. The lowest BCUT2D eigenvalue weighted by Crippen LogP contribution is -2.37. The van der Waals surface area contributed by atoms with Crippen molar-refractivity contribution in [3.63, 3.8) is 0 Å². The molecule has 1 aromatic rings. The molecule has 1 aromatic carbocycles. The summed E-state index contributed by atoms with van der Waals surface area (Å²) in [6.45, 7) is 10.4. The van der Waals surface area contributed by atoms with Gasteiger partial charge in [-0.25, -0.2) is 0 Å². The molecule has 116 valence electrons. The van der Waals surface area contributed by atoms with Crippen LogP contribution in [0.4, 0.5) is 0 Å². The van der Waals surface area contributed by atoms with Gasteiger partial charge in [0.05, 0.1) is 0 Å². The molecule has 0 aromatic heterocycles. The van der Waals surface area contributed by atoms with E-state index in [1.165, 1.54) is 36.8 Å². The van der Waals surface area contributed by atoms with Crippen molar-refractivity contribution >= 4 is 0 Å². The third-order valence-electron chi connectivity index (χ3n) is 3.74. The van der Waals surface area contributed by atoms with Crippen LogP contribution in [0.15, 0.2) is 24.3 Å². The summed E-state index contributed by atoms with van der Waals surface area (Å²) in [5.74, 6) is 6.33. The second kappa shape index (κ2) is 11.9. The van der Waals surface area contributed by atoms with Gasteiger partial charge < -0.3 is 0 Å². The fourth-order valence-corrected chi connectivity index (χ4v) is 2.29. The summed E-state index contributed by atoms with van der Waals surface area (Å²) in [7, 11) is 0. The first-order valence-electron chi connectivity index (χ1n) is 8.15. The van der Waals surface area contributed by atoms with E-state index in [4.69, 9.17) is 5.84 Å². The highest BCUT2D eigenvalue weighted by Gasteiger charge is 2.20. The van der Waals surface area contributed by atoms with Crippen molar-refractivity contribution in [1.82, 2.24) is 5.43 Å². The highest BCUT2D eigenvalue weighted by atomic mass is 15.2. The summed E-state index contributed by atoms with van der Waals surface area (Å²) in [4.78, 5) is 0. The quantitative estimate of drug-likeness (QED) is 0.616. The van der Waals surface area contributed by atoms with Crippen molar-refractivity contribution in [3.8, 4) is 0 Å². The Balaban J connectivity index is 0.000000327. The second-order valence-electron chi connectivity index (χ2n) is 5.46. The number of hydrogen-bond acceptors (Lipinski definition) is 2. The van der Waals surface area contributed by atoms with Gasteiger partial charge in [-0.15, -0.1) is 0 Å². The Labute approximate surface area is 126 Å². The molecule has 0 heterocycles. The van der Waals surface area contributed by atoms with Gasteiger partial charge in [0.2, 0.25) is 0 Å². The molecule has 2 rings (SSSR count). The Morgan fingerprint density at radius 3 is 2.00 bits per heavy atom. The fraction of sp³-hybridized carbons (Fsp3) is 0.667. The molecule has 3 N–H and O–H groups in total. The van der Waals surface area contributed by atoms with Crippen LogP contribution in [0.2, 0.25) is 0 Å². The SMILES string of the molecule is CC.CCC(CC1CCC1)NN.Cc1cccc(C)c1. The van der Waals surface area contributed by atoms with Gasteiger partial charge in [0.25, 0.3) is 0 Å². The van der Waals surface area contributed by atoms with E-state index in [0.29, 0.717) is 6.04 Å². The molecule has 2 heteroatoms. The maximum absolute atomic E-state index is 5.36. The Kier molecular flexibility index (Phi) is 11.4. The van der Waals surface area contributed by atoms with Crippen LogP contribution in [0.5, 0.6) is 0 Å². The van der Waals surface area contributed by atoms with E-state index in [0.717, 1.165) is 12.3 Å². The van der Waals surface area contributed by atoms with Gasteiger partial charge in [-0.2, -0.15) is 0 Å². The van der Waals surface area contributed by atoms with E-state index in [9.17, 15) is 0 Å². The number of nitrogens with two attached hydrogens (primary N) is 1. The largest absolute Gasteiger partial charge is 0.271 e. The zero-order chi connectivity index (χ0) is 15.4. The summed E-state index contributed by atoms with van der Waals surface area (Å²) in [5, 5.41) is 0. The number of hydrazine groups is 1. The van der Waals surface area contributed by atoms with Crippen molar-refractivity contribution in [2.24, 2.45) is 11.8 Å². The topological polar surface area (TPSA) is 38.0 Å². The minimum absolute atomic E-state index is 0.560. The van der Waals surface area contributed by atoms with Crippen molar-refractivity contribution < 1.29 is 0 Å². The highest BCUT2D eigenvalue weighted by molar-refractivity contribution is 5.20. The van der Waals surface area contributed by atoms with Gasteiger partial charge in [0, 0.05) is 6.04 Å². The van der Waals surface area contributed by atoms with Crippen LogP contribution >= 0.6 is 0 Å². The van der Waals surface area contributed by atoms with Crippen molar-refractivity contribution in [2.45, 2.75) is 72.8 Å². The molecule has 0 aliphatic heterocycles. The average molecular weight is 278 g/mol. The summed E-state index contributed by atoms with van der Waals surface area (Å²) in [6.07, 6.45) is 6.74. The maximum atomic E-state index is 5.36. The van der Waals surface area contributed by atoms with Gasteiger partial charge in [0.1, 0.15) is 0 Å². The molecule has 0 amide bonds. The molecule has 0 radical (unpaired) electrons. The first-order valence-corrected chi connectivity index (χ1v) is 8.15. The number of hydrogen-bond donors (Lipinski definition) is 2. The highest BCUT2D eigenvalue weighted by Crippen LogP contribution is 2.30. The predicted molar refractivity (Wildman–Crippen MR) is 90.6 cm³/mol. The monoisotopic (exact) mass is 278 g/mol. The number of nitrogens with one attached hydrogen (secondary N) is 1. The zero-order valence-electron chi connectivity index (χ0n) is 14.1. The summed E-state index contributed by atoms with van der Waals surface area (Å²) in [5.41, 5.74) is 5.53. The van der Waals surface area contributed by atoms with E-state index >= 15 is 0 Å². The summed E-state index contributed by atoms with van der Waals surface area (Å²) in [6, 6.07) is 9.01. The van der Waals surface area contributed by atoms with Crippen LogP contribution in [0.3, 0.4) is 0 Å². The van der Waals surface area contributed by atoms with Gasteiger partial charge in [0.15, 0.2) is 0 Å². The molecule has 2 nitrogen and oxygen atoms in total.